The van der Waals surface area contributed by atoms with E-state index in [1.54, 1.807) is 29.2 Å². The molecule has 1 saturated heterocycles. The Labute approximate surface area is 209 Å². The largest absolute Gasteiger partial charge is 0.457 e. The zero-order valence-electron chi connectivity index (χ0n) is 19.4. The molecule has 6 nitrogen and oxygen atoms in total. The summed E-state index contributed by atoms with van der Waals surface area (Å²) in [5, 5.41) is 3.31. The zero-order valence-corrected chi connectivity index (χ0v) is 20.1. The van der Waals surface area contributed by atoms with E-state index in [4.69, 9.17) is 16.3 Å². The molecule has 4 rings (SSSR count). The number of hydrogen-bond donors (Lipinski definition) is 1. The third kappa shape index (κ3) is 5.99. The van der Waals surface area contributed by atoms with Crippen molar-refractivity contribution >= 4 is 29.1 Å². The maximum absolute atomic E-state index is 13.8. The normalized spacial score (nSPS) is 16.4. The number of rotatable bonds is 7. The van der Waals surface area contributed by atoms with Crippen molar-refractivity contribution in [1.82, 2.24) is 10.2 Å². The topological polar surface area (TPSA) is 61.9 Å². The molecule has 0 bridgehead atoms. The van der Waals surface area contributed by atoms with Gasteiger partial charge in [-0.3, -0.25) is 14.5 Å². The first-order valence-corrected chi connectivity index (χ1v) is 12.0. The van der Waals surface area contributed by atoms with Crippen LogP contribution in [0.3, 0.4) is 0 Å². The lowest BCUT2D eigenvalue weighted by molar-refractivity contribution is -0.135. The van der Waals surface area contributed by atoms with Gasteiger partial charge >= 0.3 is 0 Å². The Morgan fingerprint density at radius 1 is 1.06 bits per heavy atom. The average molecular weight is 496 g/mol. The molecule has 0 aromatic heterocycles. The number of alkyl halides is 1. The number of ether oxygens (including phenoxy) is 1. The highest BCUT2D eigenvalue weighted by Gasteiger charge is 2.36. The van der Waals surface area contributed by atoms with Gasteiger partial charge < -0.3 is 15.0 Å². The Morgan fingerprint density at radius 3 is 2.34 bits per heavy atom. The molecule has 0 spiro atoms. The predicted octanol–water partition coefficient (Wildman–Crippen LogP) is 4.75. The number of para-hydroxylation sites is 1. The summed E-state index contributed by atoms with van der Waals surface area (Å²) in [5.41, 5.74) is 0.993. The van der Waals surface area contributed by atoms with Gasteiger partial charge in [0.2, 0.25) is 5.91 Å². The maximum Gasteiger partial charge on any atom is 0.250 e. The molecule has 2 atom stereocenters. The first-order chi connectivity index (χ1) is 17.0. The molecule has 1 heterocycles. The summed E-state index contributed by atoms with van der Waals surface area (Å²) in [6.07, 6.45) is 0. The lowest BCUT2D eigenvalue weighted by Gasteiger charge is -2.38. The van der Waals surface area contributed by atoms with Crippen LogP contribution in [0.2, 0.25) is 0 Å². The highest BCUT2D eigenvalue weighted by atomic mass is 35.5. The van der Waals surface area contributed by atoms with Crippen LogP contribution in [0.1, 0.15) is 18.5 Å². The first kappa shape index (κ1) is 24.7. The number of nitrogens with zero attached hydrogens (tertiary/aromatic N) is 2. The minimum absolute atomic E-state index is 0.119. The summed E-state index contributed by atoms with van der Waals surface area (Å²) >= 11 is 5.99. The molecule has 1 fully saturated rings. The van der Waals surface area contributed by atoms with E-state index in [1.807, 2.05) is 37.3 Å². The lowest BCUT2D eigenvalue weighted by atomic mass is 10.0. The highest BCUT2D eigenvalue weighted by Crippen LogP contribution is 2.32. The molecule has 8 heteroatoms. The average Bonchev–Trinajstić information content (AvgIpc) is 2.88. The van der Waals surface area contributed by atoms with Gasteiger partial charge in [-0.05, 0) is 61.0 Å². The van der Waals surface area contributed by atoms with Crippen molar-refractivity contribution in [3.8, 4) is 11.5 Å². The Balaban J connectivity index is 1.70. The fraction of sp³-hybridized carbons (Fsp3) is 0.259. The molecule has 0 aliphatic carbocycles. The second-order valence-corrected chi connectivity index (χ2v) is 8.67. The number of carbonyl (C=O) groups excluding carboxylic acids is 2. The van der Waals surface area contributed by atoms with Gasteiger partial charge in [-0.25, -0.2) is 4.39 Å². The number of anilines is 1. The van der Waals surface area contributed by atoms with Gasteiger partial charge in [-0.1, -0.05) is 30.3 Å². The molecule has 3 aromatic rings. The minimum atomic E-state index is -0.993. The summed E-state index contributed by atoms with van der Waals surface area (Å²) in [6.45, 7) is 3.66. The van der Waals surface area contributed by atoms with E-state index >= 15 is 0 Å². The fourth-order valence-electron chi connectivity index (χ4n) is 4.15. The number of piperazine rings is 1. The summed E-state index contributed by atoms with van der Waals surface area (Å²) < 4.78 is 19.6. The van der Waals surface area contributed by atoms with Crippen LogP contribution < -0.4 is 15.0 Å². The van der Waals surface area contributed by atoms with Gasteiger partial charge in [-0.15, -0.1) is 11.6 Å². The summed E-state index contributed by atoms with van der Waals surface area (Å²) in [7, 11) is 0. The van der Waals surface area contributed by atoms with Gasteiger partial charge in [-0.2, -0.15) is 0 Å². The Morgan fingerprint density at radius 2 is 1.71 bits per heavy atom. The minimum Gasteiger partial charge on any atom is -0.457 e. The van der Waals surface area contributed by atoms with Crippen molar-refractivity contribution in [2.45, 2.75) is 19.0 Å². The first-order valence-electron chi connectivity index (χ1n) is 11.4. The van der Waals surface area contributed by atoms with Crippen molar-refractivity contribution in [3.05, 3.63) is 90.2 Å². The van der Waals surface area contributed by atoms with Crippen LogP contribution in [-0.4, -0.2) is 48.3 Å². The molecule has 0 unspecified atom stereocenters. The maximum atomic E-state index is 13.8. The van der Waals surface area contributed by atoms with Crippen molar-refractivity contribution in [2.24, 2.45) is 0 Å². The second kappa shape index (κ2) is 11.3. The molecule has 35 heavy (non-hydrogen) atoms. The quantitative estimate of drug-likeness (QED) is 0.480. The number of halogens is 2. The standard InChI is InChI=1S/C27H27ClFN3O3/c1-19-18-31(16-15-30-19)27(34)26(20-7-9-21(29)10-8-20)32(25(33)17-28)22-11-13-24(14-12-22)35-23-5-3-2-4-6-23/h2-14,19,26,30H,15-18H2,1H3/t19-,26+/m1/s1. The van der Waals surface area contributed by atoms with Crippen LogP contribution in [0.4, 0.5) is 10.1 Å². The third-order valence-electron chi connectivity index (χ3n) is 5.84. The molecule has 2 amide bonds. The van der Waals surface area contributed by atoms with Crippen LogP contribution in [0.5, 0.6) is 11.5 Å². The van der Waals surface area contributed by atoms with E-state index in [9.17, 15) is 14.0 Å². The van der Waals surface area contributed by atoms with E-state index < -0.39 is 17.8 Å². The number of carbonyl (C=O) groups is 2. The van der Waals surface area contributed by atoms with Crippen molar-refractivity contribution in [3.63, 3.8) is 0 Å². The van der Waals surface area contributed by atoms with Crippen LogP contribution in [0, 0.1) is 5.82 Å². The fourth-order valence-corrected chi connectivity index (χ4v) is 4.28. The summed E-state index contributed by atoms with van der Waals surface area (Å²) in [5.74, 6) is -0.152. The van der Waals surface area contributed by atoms with E-state index in [1.165, 1.54) is 29.2 Å². The molecular formula is C27H27ClFN3O3. The SMILES string of the molecule is C[C@@H]1CN(C(=O)[C@H](c2ccc(F)cc2)N(C(=O)CCl)c2ccc(Oc3ccccc3)cc2)CCN1. The van der Waals surface area contributed by atoms with Crippen molar-refractivity contribution in [2.75, 3.05) is 30.4 Å². The van der Waals surface area contributed by atoms with E-state index in [-0.39, 0.29) is 17.8 Å². The third-order valence-corrected chi connectivity index (χ3v) is 6.06. The summed E-state index contributed by atoms with van der Waals surface area (Å²) in [6, 6.07) is 21.0. The van der Waals surface area contributed by atoms with Gasteiger partial charge in [0.15, 0.2) is 0 Å². The number of hydrogen-bond acceptors (Lipinski definition) is 4. The number of benzene rings is 3. The Hall–Kier alpha value is -3.42. The molecule has 1 N–H and O–H groups in total. The van der Waals surface area contributed by atoms with Crippen LogP contribution in [-0.2, 0) is 9.59 Å². The number of amides is 2. The molecule has 0 radical (unpaired) electrons. The van der Waals surface area contributed by atoms with Gasteiger partial charge in [0.1, 0.15) is 29.2 Å². The van der Waals surface area contributed by atoms with Gasteiger partial charge in [0.05, 0.1) is 0 Å². The van der Waals surface area contributed by atoms with E-state index in [0.717, 1.165) is 0 Å². The lowest BCUT2D eigenvalue weighted by Crippen LogP contribution is -2.55. The van der Waals surface area contributed by atoms with E-state index in [2.05, 4.69) is 5.32 Å². The molecule has 182 valence electrons. The van der Waals surface area contributed by atoms with Crippen molar-refractivity contribution < 1.29 is 18.7 Å². The monoisotopic (exact) mass is 495 g/mol. The predicted molar refractivity (Wildman–Crippen MR) is 134 cm³/mol. The van der Waals surface area contributed by atoms with Crippen LogP contribution in [0.25, 0.3) is 0 Å². The number of nitrogens with one attached hydrogen (secondary N) is 1. The van der Waals surface area contributed by atoms with Crippen LogP contribution in [0.15, 0.2) is 78.9 Å². The highest BCUT2D eigenvalue weighted by molar-refractivity contribution is 6.29. The van der Waals surface area contributed by atoms with E-state index in [0.29, 0.717) is 42.4 Å². The second-order valence-electron chi connectivity index (χ2n) is 8.40. The van der Waals surface area contributed by atoms with Crippen LogP contribution >= 0.6 is 11.6 Å². The van der Waals surface area contributed by atoms with Gasteiger partial charge in [0.25, 0.3) is 5.91 Å². The Kier molecular flexibility index (Phi) is 8.00. The zero-order chi connectivity index (χ0) is 24.8. The Bertz CT molecular complexity index is 1140. The summed E-state index contributed by atoms with van der Waals surface area (Å²) in [4.78, 5) is 30.1. The smallest absolute Gasteiger partial charge is 0.250 e. The molecular weight excluding hydrogens is 469 g/mol. The molecule has 3 aromatic carbocycles. The molecule has 0 saturated carbocycles. The molecule has 1 aliphatic rings. The van der Waals surface area contributed by atoms with Gasteiger partial charge in [0, 0.05) is 31.4 Å². The van der Waals surface area contributed by atoms with Crippen molar-refractivity contribution in [1.29, 1.82) is 0 Å². The molecule has 1 aliphatic heterocycles.